The molecular weight excluding hydrogens is 282 g/mol. The maximum absolute atomic E-state index is 12.3. The average molecular weight is 293 g/mol. The minimum atomic E-state index is -0.480. The smallest absolute Gasteiger partial charge is 0.272 e. The van der Waals surface area contributed by atoms with Crippen LogP contribution in [0.1, 0.15) is 17.3 Å². The molecule has 19 heavy (non-hydrogen) atoms. The van der Waals surface area contributed by atoms with E-state index in [0.717, 1.165) is 5.75 Å². The van der Waals surface area contributed by atoms with E-state index < -0.39 is 5.91 Å². The van der Waals surface area contributed by atoms with E-state index in [4.69, 9.17) is 6.42 Å². The molecule has 0 aliphatic rings. The summed E-state index contributed by atoms with van der Waals surface area (Å²) >= 11 is 2.72. The van der Waals surface area contributed by atoms with Crippen molar-refractivity contribution in [1.29, 1.82) is 0 Å². The number of hydrogen-bond acceptors (Lipinski definition) is 5. The van der Waals surface area contributed by atoms with Crippen LogP contribution in [0.3, 0.4) is 0 Å². The van der Waals surface area contributed by atoms with Gasteiger partial charge in [-0.3, -0.25) is 14.0 Å². The lowest BCUT2D eigenvalue weighted by Crippen LogP contribution is -2.32. The Balaban J connectivity index is 2.58. The molecule has 1 amide bonds. The zero-order valence-electron chi connectivity index (χ0n) is 10.2. The number of rotatable bonds is 4. The Morgan fingerprint density at radius 3 is 3.16 bits per heavy atom. The van der Waals surface area contributed by atoms with Crippen LogP contribution in [0.5, 0.6) is 0 Å². The maximum Gasteiger partial charge on any atom is 0.272 e. The van der Waals surface area contributed by atoms with Crippen molar-refractivity contribution in [2.75, 3.05) is 12.3 Å². The van der Waals surface area contributed by atoms with Crippen molar-refractivity contribution in [3.05, 3.63) is 27.5 Å². The lowest BCUT2D eigenvalue weighted by Gasteiger charge is -2.07. The van der Waals surface area contributed by atoms with E-state index in [2.05, 4.69) is 16.2 Å². The molecular formula is C12H11N3O2S2. The van der Waals surface area contributed by atoms with E-state index >= 15 is 0 Å². The average Bonchev–Trinajstić information content (AvgIpc) is 2.85. The number of thiazole rings is 1. The topological polar surface area (TPSA) is 63.5 Å². The Kier molecular flexibility index (Phi) is 4.24. The first-order valence-corrected chi connectivity index (χ1v) is 7.39. The monoisotopic (exact) mass is 293 g/mol. The van der Waals surface area contributed by atoms with Crippen LogP contribution in [0.15, 0.2) is 21.4 Å². The van der Waals surface area contributed by atoms with Crippen molar-refractivity contribution < 1.29 is 4.79 Å². The lowest BCUT2D eigenvalue weighted by atomic mass is 10.3. The molecule has 0 atom stereocenters. The van der Waals surface area contributed by atoms with Gasteiger partial charge in [-0.25, -0.2) is 4.98 Å². The molecule has 7 heteroatoms. The molecule has 0 bridgehead atoms. The fourth-order valence-corrected chi connectivity index (χ4v) is 3.03. The second kappa shape index (κ2) is 5.91. The predicted molar refractivity (Wildman–Crippen MR) is 76.9 cm³/mol. The van der Waals surface area contributed by atoms with Crippen molar-refractivity contribution in [3.8, 4) is 12.3 Å². The van der Waals surface area contributed by atoms with E-state index in [-0.39, 0.29) is 17.7 Å². The first-order valence-electron chi connectivity index (χ1n) is 5.53. The molecule has 1 N–H and O–H groups in total. The van der Waals surface area contributed by atoms with Crippen LogP contribution in [-0.4, -0.2) is 27.6 Å². The van der Waals surface area contributed by atoms with E-state index in [1.54, 1.807) is 11.6 Å². The summed E-state index contributed by atoms with van der Waals surface area (Å²) in [6, 6.07) is 0. The highest BCUT2D eigenvalue weighted by Gasteiger charge is 2.19. The first-order chi connectivity index (χ1) is 9.19. The maximum atomic E-state index is 12.3. The summed E-state index contributed by atoms with van der Waals surface area (Å²) in [4.78, 5) is 29.2. The number of amides is 1. The number of terminal acetylenes is 1. The van der Waals surface area contributed by atoms with Crippen molar-refractivity contribution in [2.24, 2.45) is 0 Å². The summed E-state index contributed by atoms with van der Waals surface area (Å²) in [6.07, 6.45) is 6.70. The fraction of sp³-hybridized carbons (Fsp3) is 0.250. The third-order valence-electron chi connectivity index (χ3n) is 2.29. The Bertz CT molecular complexity index is 712. The number of aromatic nitrogens is 2. The molecule has 0 saturated carbocycles. The van der Waals surface area contributed by atoms with E-state index in [1.165, 1.54) is 27.5 Å². The van der Waals surface area contributed by atoms with Gasteiger partial charge in [-0.1, -0.05) is 12.8 Å². The summed E-state index contributed by atoms with van der Waals surface area (Å²) in [5.74, 6) is 2.55. The van der Waals surface area contributed by atoms with Gasteiger partial charge in [0.15, 0.2) is 4.96 Å². The number of nitrogens with one attached hydrogen (secondary N) is 1. The minimum Gasteiger partial charge on any atom is -0.341 e. The Labute approximate surface area is 118 Å². The molecule has 2 aromatic rings. The normalized spacial score (nSPS) is 10.3. The first kappa shape index (κ1) is 13.6. The van der Waals surface area contributed by atoms with Gasteiger partial charge in [0.1, 0.15) is 10.6 Å². The highest BCUT2D eigenvalue weighted by Crippen LogP contribution is 2.20. The van der Waals surface area contributed by atoms with Crippen molar-refractivity contribution >= 4 is 34.0 Å². The molecule has 0 unspecified atom stereocenters. The summed E-state index contributed by atoms with van der Waals surface area (Å²) in [6.45, 7) is 2.02. The molecule has 0 spiro atoms. The van der Waals surface area contributed by atoms with Crippen LogP contribution in [0, 0.1) is 12.3 Å². The fourth-order valence-electron chi connectivity index (χ4n) is 1.52. The molecule has 0 fully saturated rings. The third kappa shape index (κ3) is 2.64. The summed E-state index contributed by atoms with van der Waals surface area (Å²) in [7, 11) is 0. The van der Waals surface area contributed by atoms with Gasteiger partial charge >= 0.3 is 0 Å². The van der Waals surface area contributed by atoms with Crippen molar-refractivity contribution in [3.63, 3.8) is 0 Å². The Hall–Kier alpha value is -1.78. The number of thioether (sulfide) groups is 1. The highest BCUT2D eigenvalue weighted by atomic mass is 32.2. The third-order valence-corrected chi connectivity index (χ3v) is 3.91. The second-order valence-corrected chi connectivity index (χ2v) is 5.60. The summed E-state index contributed by atoms with van der Waals surface area (Å²) in [5, 5.41) is 4.71. The van der Waals surface area contributed by atoms with Crippen LogP contribution in [0.2, 0.25) is 0 Å². The molecule has 0 aliphatic carbocycles. The Morgan fingerprint density at radius 2 is 2.47 bits per heavy atom. The van der Waals surface area contributed by atoms with E-state index in [9.17, 15) is 9.59 Å². The van der Waals surface area contributed by atoms with Gasteiger partial charge in [-0.05, 0) is 5.75 Å². The van der Waals surface area contributed by atoms with Gasteiger partial charge in [-0.2, -0.15) is 0 Å². The van der Waals surface area contributed by atoms with Crippen LogP contribution >= 0.6 is 23.1 Å². The zero-order chi connectivity index (χ0) is 13.8. The molecule has 2 rings (SSSR count). The quantitative estimate of drug-likeness (QED) is 0.523. The van der Waals surface area contributed by atoms with E-state index in [0.29, 0.717) is 9.99 Å². The SMILES string of the molecule is C#CCNC(=O)c1c(SCC)nc2sccn2c1=O. The summed E-state index contributed by atoms with van der Waals surface area (Å²) in [5.41, 5.74) is -0.310. The lowest BCUT2D eigenvalue weighted by molar-refractivity contribution is 0.0953. The van der Waals surface area contributed by atoms with Crippen LogP contribution in [-0.2, 0) is 0 Å². The molecule has 2 heterocycles. The second-order valence-electron chi connectivity index (χ2n) is 3.47. The van der Waals surface area contributed by atoms with Crippen LogP contribution in [0.25, 0.3) is 4.96 Å². The molecule has 5 nitrogen and oxygen atoms in total. The minimum absolute atomic E-state index is 0.0537. The van der Waals surface area contributed by atoms with Crippen LogP contribution < -0.4 is 10.9 Å². The Morgan fingerprint density at radius 1 is 1.68 bits per heavy atom. The van der Waals surface area contributed by atoms with Crippen LogP contribution in [0.4, 0.5) is 0 Å². The molecule has 0 aliphatic heterocycles. The zero-order valence-corrected chi connectivity index (χ0v) is 11.8. The van der Waals surface area contributed by atoms with Gasteiger partial charge in [0.25, 0.3) is 11.5 Å². The number of nitrogens with zero attached hydrogens (tertiary/aromatic N) is 2. The van der Waals surface area contributed by atoms with Gasteiger partial charge < -0.3 is 5.32 Å². The van der Waals surface area contributed by atoms with Gasteiger partial charge in [0.05, 0.1) is 6.54 Å². The molecule has 98 valence electrons. The van der Waals surface area contributed by atoms with Gasteiger partial charge in [0.2, 0.25) is 0 Å². The number of carbonyl (C=O) groups excluding carboxylic acids is 1. The molecule has 0 aromatic carbocycles. The standard InChI is InChI=1S/C12H11N3O2S2/c1-3-5-13-9(16)8-10(18-4-2)14-12-15(11(8)17)6-7-19-12/h1,6-7H,4-5H2,2H3,(H,13,16). The highest BCUT2D eigenvalue weighted by molar-refractivity contribution is 7.99. The number of hydrogen-bond donors (Lipinski definition) is 1. The molecule has 0 radical (unpaired) electrons. The number of fused-ring (bicyclic) bond motifs is 1. The van der Waals surface area contributed by atoms with Gasteiger partial charge in [-0.15, -0.1) is 29.5 Å². The van der Waals surface area contributed by atoms with Crippen molar-refractivity contribution in [2.45, 2.75) is 11.9 Å². The van der Waals surface area contributed by atoms with Crippen molar-refractivity contribution in [1.82, 2.24) is 14.7 Å². The summed E-state index contributed by atoms with van der Waals surface area (Å²) < 4.78 is 1.37. The number of carbonyl (C=O) groups is 1. The largest absolute Gasteiger partial charge is 0.341 e. The molecule has 0 saturated heterocycles. The molecule has 2 aromatic heterocycles. The van der Waals surface area contributed by atoms with E-state index in [1.807, 2.05) is 6.92 Å². The van der Waals surface area contributed by atoms with Gasteiger partial charge in [0, 0.05) is 11.6 Å². The predicted octanol–water partition coefficient (Wildman–Crippen LogP) is 1.23.